The van der Waals surface area contributed by atoms with Crippen molar-refractivity contribution in [3.8, 4) is 0 Å². The minimum atomic E-state index is -4.41. The van der Waals surface area contributed by atoms with E-state index in [0.29, 0.717) is 16.9 Å². The molecule has 0 aliphatic carbocycles. The number of alkyl halides is 3. The van der Waals surface area contributed by atoms with Crippen LogP contribution in [-0.2, 0) is 27.3 Å². The van der Waals surface area contributed by atoms with Crippen molar-refractivity contribution in [2.24, 2.45) is 0 Å². The van der Waals surface area contributed by atoms with Gasteiger partial charge in [0.2, 0.25) is 11.7 Å². The summed E-state index contributed by atoms with van der Waals surface area (Å²) >= 11 is 0. The first kappa shape index (κ1) is 22.2. The fraction of sp³-hybridized carbons (Fsp3) is 0.350. The Balaban J connectivity index is 1.94. The molecule has 0 atom stereocenters. The molecule has 0 fully saturated rings. The Kier molecular flexibility index (Phi) is 6.84. The lowest BCUT2D eigenvalue weighted by Crippen LogP contribution is -2.20. The highest BCUT2D eigenvalue weighted by molar-refractivity contribution is 5.99. The van der Waals surface area contributed by atoms with Crippen LogP contribution >= 0.6 is 0 Å². The van der Waals surface area contributed by atoms with Crippen molar-refractivity contribution in [1.82, 2.24) is 4.57 Å². The number of anilines is 1. The van der Waals surface area contributed by atoms with Crippen molar-refractivity contribution in [2.75, 3.05) is 11.9 Å². The van der Waals surface area contributed by atoms with Gasteiger partial charge in [0.05, 0.1) is 6.42 Å². The van der Waals surface area contributed by atoms with Crippen molar-refractivity contribution in [3.63, 3.8) is 0 Å². The SMILES string of the molecule is CC(=O)Nc1ccc(CC(=O)OCC(=O)c2cc(C)n(CC(F)(F)F)c2C)cc1. The van der Waals surface area contributed by atoms with Gasteiger partial charge in [0.25, 0.3) is 0 Å². The van der Waals surface area contributed by atoms with Crippen molar-refractivity contribution < 1.29 is 32.3 Å². The molecule has 1 N–H and O–H groups in total. The Labute approximate surface area is 165 Å². The summed E-state index contributed by atoms with van der Waals surface area (Å²) < 4.78 is 44.0. The Morgan fingerprint density at radius 2 is 1.72 bits per heavy atom. The summed E-state index contributed by atoms with van der Waals surface area (Å²) in [6.45, 7) is 2.53. The van der Waals surface area contributed by atoms with Crippen molar-refractivity contribution in [2.45, 2.75) is 39.9 Å². The van der Waals surface area contributed by atoms with E-state index in [1.807, 2.05) is 0 Å². The number of aryl methyl sites for hydroxylation is 1. The molecule has 1 aromatic heterocycles. The smallest absolute Gasteiger partial charge is 0.406 e. The molecule has 0 aliphatic rings. The predicted molar refractivity (Wildman–Crippen MR) is 99.7 cm³/mol. The highest BCUT2D eigenvalue weighted by Gasteiger charge is 2.30. The summed E-state index contributed by atoms with van der Waals surface area (Å²) in [5.74, 6) is -1.43. The second kappa shape index (κ2) is 8.93. The maximum Gasteiger partial charge on any atom is 0.406 e. The molecule has 6 nitrogen and oxygen atoms in total. The lowest BCUT2D eigenvalue weighted by molar-refractivity contribution is -0.142. The van der Waals surface area contributed by atoms with E-state index in [-0.39, 0.29) is 23.6 Å². The third-order valence-corrected chi connectivity index (χ3v) is 4.20. The van der Waals surface area contributed by atoms with Crippen LogP contribution in [0, 0.1) is 13.8 Å². The molecule has 9 heteroatoms. The second-order valence-electron chi connectivity index (χ2n) is 6.62. The zero-order valence-electron chi connectivity index (χ0n) is 16.2. The van der Waals surface area contributed by atoms with Crippen LogP contribution in [0.4, 0.5) is 18.9 Å². The zero-order chi connectivity index (χ0) is 21.8. The van der Waals surface area contributed by atoms with Gasteiger partial charge >= 0.3 is 12.1 Å². The standard InChI is InChI=1S/C20H21F3N2O4/c1-12-8-17(13(2)25(12)11-20(21,22)23)18(27)10-29-19(28)9-15-4-6-16(7-5-15)24-14(3)26/h4-8H,9-11H2,1-3H3,(H,24,26). The largest absolute Gasteiger partial charge is 0.457 e. The number of nitrogens with one attached hydrogen (secondary N) is 1. The average molecular weight is 410 g/mol. The number of nitrogens with zero attached hydrogens (tertiary/aromatic N) is 1. The lowest BCUT2D eigenvalue weighted by Gasteiger charge is -2.12. The molecule has 2 rings (SSSR count). The topological polar surface area (TPSA) is 77.4 Å². The Bertz CT molecular complexity index is 915. The number of carbonyl (C=O) groups excluding carboxylic acids is 3. The number of Topliss-reactive ketones (excluding diaryl/α,β-unsaturated/α-hetero) is 1. The van der Waals surface area contributed by atoms with E-state index in [9.17, 15) is 27.6 Å². The van der Waals surface area contributed by atoms with Crippen LogP contribution < -0.4 is 5.32 Å². The number of ketones is 1. The van der Waals surface area contributed by atoms with Crippen molar-refractivity contribution in [3.05, 3.63) is 52.8 Å². The predicted octanol–water partition coefficient (Wildman–Crippen LogP) is 3.59. The van der Waals surface area contributed by atoms with Gasteiger partial charge in [0.1, 0.15) is 6.54 Å². The number of amides is 1. The number of ether oxygens (including phenoxy) is 1. The first-order chi connectivity index (χ1) is 13.5. The molecule has 0 spiro atoms. The third-order valence-electron chi connectivity index (χ3n) is 4.20. The molecular formula is C20H21F3N2O4. The summed E-state index contributed by atoms with van der Waals surface area (Å²) in [6.07, 6.45) is -4.49. The quantitative estimate of drug-likeness (QED) is 0.559. The number of carbonyl (C=O) groups is 3. The molecule has 0 saturated carbocycles. The molecule has 1 aromatic carbocycles. The third kappa shape index (κ3) is 6.48. The summed E-state index contributed by atoms with van der Waals surface area (Å²) in [5.41, 5.74) is 1.78. The first-order valence-corrected chi connectivity index (χ1v) is 8.75. The molecule has 0 saturated heterocycles. The summed E-state index contributed by atoms with van der Waals surface area (Å²) in [4.78, 5) is 35.2. The molecule has 156 valence electrons. The van der Waals surface area contributed by atoms with Gasteiger partial charge in [-0.2, -0.15) is 13.2 Å². The van der Waals surface area contributed by atoms with Crippen LogP contribution in [0.1, 0.15) is 34.2 Å². The lowest BCUT2D eigenvalue weighted by atomic mass is 10.1. The molecular weight excluding hydrogens is 389 g/mol. The number of hydrogen-bond donors (Lipinski definition) is 1. The van der Waals surface area contributed by atoms with E-state index in [0.717, 1.165) is 4.57 Å². The number of aromatic nitrogens is 1. The van der Waals surface area contributed by atoms with Gasteiger partial charge in [-0.15, -0.1) is 0 Å². The van der Waals surface area contributed by atoms with Crippen molar-refractivity contribution >= 4 is 23.3 Å². The van der Waals surface area contributed by atoms with Crippen molar-refractivity contribution in [1.29, 1.82) is 0 Å². The van der Waals surface area contributed by atoms with E-state index in [1.165, 1.54) is 26.8 Å². The van der Waals surface area contributed by atoms with E-state index in [4.69, 9.17) is 4.74 Å². The number of hydrogen-bond acceptors (Lipinski definition) is 4. The van der Waals surface area contributed by atoms with Gasteiger partial charge in [0, 0.05) is 29.6 Å². The molecule has 1 amide bonds. The van der Waals surface area contributed by atoms with E-state index >= 15 is 0 Å². The van der Waals surface area contributed by atoms with Gasteiger partial charge < -0.3 is 14.6 Å². The van der Waals surface area contributed by atoms with Gasteiger partial charge in [-0.05, 0) is 37.6 Å². The zero-order valence-corrected chi connectivity index (χ0v) is 16.2. The molecule has 0 aliphatic heterocycles. The van der Waals surface area contributed by atoms with Crippen LogP contribution in [0.5, 0.6) is 0 Å². The van der Waals surface area contributed by atoms with Crippen LogP contribution in [0.3, 0.4) is 0 Å². The molecule has 2 aromatic rings. The van der Waals surface area contributed by atoms with Gasteiger partial charge in [-0.1, -0.05) is 12.1 Å². The van der Waals surface area contributed by atoms with E-state index in [1.54, 1.807) is 24.3 Å². The van der Waals surface area contributed by atoms with Crippen LogP contribution in [0.15, 0.2) is 30.3 Å². The van der Waals surface area contributed by atoms with Gasteiger partial charge in [-0.25, -0.2) is 0 Å². The number of benzene rings is 1. The Hall–Kier alpha value is -3.10. The van der Waals surface area contributed by atoms with Crippen LogP contribution in [-0.4, -0.2) is 35.0 Å². The first-order valence-electron chi connectivity index (χ1n) is 8.75. The van der Waals surface area contributed by atoms with E-state index < -0.39 is 31.1 Å². The van der Waals surface area contributed by atoms with Gasteiger partial charge in [-0.3, -0.25) is 14.4 Å². The number of halogens is 3. The number of esters is 1. The highest BCUT2D eigenvalue weighted by Crippen LogP contribution is 2.23. The van der Waals surface area contributed by atoms with Gasteiger partial charge in [0.15, 0.2) is 6.61 Å². The maximum atomic E-state index is 12.7. The minimum absolute atomic E-state index is 0.0826. The summed E-state index contributed by atoms with van der Waals surface area (Å²) in [6, 6.07) is 7.89. The highest BCUT2D eigenvalue weighted by atomic mass is 19.4. The molecule has 0 unspecified atom stereocenters. The summed E-state index contributed by atoms with van der Waals surface area (Å²) in [7, 11) is 0. The van der Waals surface area contributed by atoms with Crippen LogP contribution in [0.2, 0.25) is 0 Å². The van der Waals surface area contributed by atoms with E-state index in [2.05, 4.69) is 5.32 Å². The number of rotatable bonds is 7. The monoisotopic (exact) mass is 410 g/mol. The molecule has 29 heavy (non-hydrogen) atoms. The average Bonchev–Trinajstić information content (AvgIpc) is 2.88. The molecule has 1 heterocycles. The molecule has 0 radical (unpaired) electrons. The fourth-order valence-corrected chi connectivity index (χ4v) is 2.86. The molecule has 0 bridgehead atoms. The maximum absolute atomic E-state index is 12.7. The normalized spacial score (nSPS) is 11.2. The Morgan fingerprint density at radius 1 is 1.10 bits per heavy atom. The Morgan fingerprint density at radius 3 is 2.28 bits per heavy atom. The van der Waals surface area contributed by atoms with Crippen LogP contribution in [0.25, 0.3) is 0 Å². The summed E-state index contributed by atoms with van der Waals surface area (Å²) in [5, 5.41) is 2.60. The second-order valence-corrected chi connectivity index (χ2v) is 6.62. The fourth-order valence-electron chi connectivity index (χ4n) is 2.86. The minimum Gasteiger partial charge on any atom is -0.457 e.